The van der Waals surface area contributed by atoms with E-state index in [1.807, 2.05) is 0 Å². The first-order valence-electron chi connectivity index (χ1n) is 3.79. The molecule has 0 fully saturated rings. The van der Waals surface area contributed by atoms with Gasteiger partial charge in [-0.05, 0) is 6.07 Å². The van der Waals surface area contributed by atoms with Crippen molar-refractivity contribution in [2.75, 3.05) is 6.61 Å². The van der Waals surface area contributed by atoms with Crippen LogP contribution < -0.4 is 4.74 Å². The molecule has 0 heterocycles. The van der Waals surface area contributed by atoms with Crippen molar-refractivity contribution in [3.8, 4) is 5.75 Å². The molecule has 0 aromatic heterocycles. The van der Waals surface area contributed by atoms with Gasteiger partial charge in [-0.1, -0.05) is 11.6 Å². The van der Waals surface area contributed by atoms with Crippen molar-refractivity contribution >= 4 is 23.3 Å². The summed E-state index contributed by atoms with van der Waals surface area (Å²) in [6.07, 6.45) is 0. The zero-order valence-corrected chi connectivity index (χ0v) is 8.10. The topological polar surface area (TPSA) is 89.7 Å². The summed E-state index contributed by atoms with van der Waals surface area (Å²) in [6.45, 7) is -0.544. The van der Waals surface area contributed by atoms with Gasteiger partial charge in [-0.25, -0.2) is 4.79 Å². The second-order valence-corrected chi connectivity index (χ2v) is 2.96. The first-order chi connectivity index (χ1) is 7.00. The molecule has 0 aliphatic carbocycles. The van der Waals surface area contributed by atoms with Gasteiger partial charge in [0.1, 0.15) is 5.75 Å². The number of halogens is 1. The number of non-ortho nitro benzene ring substituents is 1. The summed E-state index contributed by atoms with van der Waals surface area (Å²) < 4.78 is 4.78. The first-order valence-corrected chi connectivity index (χ1v) is 4.17. The van der Waals surface area contributed by atoms with E-state index in [4.69, 9.17) is 21.4 Å². The van der Waals surface area contributed by atoms with Crippen LogP contribution in [0.1, 0.15) is 0 Å². The summed E-state index contributed by atoms with van der Waals surface area (Å²) in [6, 6.07) is 3.53. The number of carboxylic acids is 1. The van der Waals surface area contributed by atoms with Gasteiger partial charge in [0.25, 0.3) is 5.69 Å². The van der Waals surface area contributed by atoms with Crippen LogP contribution in [0.4, 0.5) is 5.69 Å². The Kier molecular flexibility index (Phi) is 3.46. The van der Waals surface area contributed by atoms with Crippen LogP contribution in [0.2, 0.25) is 5.02 Å². The number of carboxylic acid groups (broad SMARTS) is 1. The summed E-state index contributed by atoms with van der Waals surface area (Å²) in [5.74, 6) is -1.05. The van der Waals surface area contributed by atoms with Gasteiger partial charge < -0.3 is 9.84 Å². The van der Waals surface area contributed by atoms with E-state index in [0.717, 1.165) is 6.07 Å². The fraction of sp³-hybridized carbons (Fsp3) is 0.125. The standard InChI is InChI=1S/C8H6ClNO5/c9-6-3-5(10(13)14)1-2-7(6)15-4-8(11)12/h1-3H,4H2,(H,11,12). The summed E-state index contributed by atoms with van der Waals surface area (Å²) in [7, 11) is 0. The average Bonchev–Trinajstić information content (AvgIpc) is 2.15. The molecule has 0 aliphatic heterocycles. The fourth-order valence-electron chi connectivity index (χ4n) is 0.860. The van der Waals surface area contributed by atoms with Gasteiger partial charge >= 0.3 is 5.97 Å². The minimum absolute atomic E-state index is 0.00505. The third-order valence-corrected chi connectivity index (χ3v) is 1.77. The highest BCUT2D eigenvalue weighted by Crippen LogP contribution is 2.28. The number of hydrogen-bond donors (Lipinski definition) is 1. The Morgan fingerprint density at radius 3 is 2.73 bits per heavy atom. The molecule has 0 saturated carbocycles. The SMILES string of the molecule is O=C(O)COc1ccc([N+](=O)[O-])cc1Cl. The summed E-state index contributed by atoms with van der Waals surface area (Å²) in [4.78, 5) is 19.9. The van der Waals surface area contributed by atoms with Gasteiger partial charge in [-0.15, -0.1) is 0 Å². The monoisotopic (exact) mass is 231 g/mol. The lowest BCUT2D eigenvalue weighted by Gasteiger charge is -2.04. The highest BCUT2D eigenvalue weighted by molar-refractivity contribution is 6.32. The largest absolute Gasteiger partial charge is 0.480 e. The number of nitro benzene ring substituents is 1. The zero-order valence-electron chi connectivity index (χ0n) is 7.34. The molecule has 7 heteroatoms. The number of nitro groups is 1. The van der Waals surface area contributed by atoms with Crippen molar-refractivity contribution in [1.82, 2.24) is 0 Å². The van der Waals surface area contributed by atoms with E-state index in [0.29, 0.717) is 0 Å². The third kappa shape index (κ3) is 3.10. The van der Waals surface area contributed by atoms with Gasteiger partial charge in [-0.2, -0.15) is 0 Å². The van der Waals surface area contributed by atoms with E-state index in [2.05, 4.69) is 0 Å². The molecule has 0 amide bonds. The van der Waals surface area contributed by atoms with Crippen LogP contribution in [0.25, 0.3) is 0 Å². The van der Waals surface area contributed by atoms with Crippen molar-refractivity contribution in [2.24, 2.45) is 0 Å². The number of aliphatic carboxylic acids is 1. The van der Waals surface area contributed by atoms with Crippen LogP contribution in [-0.2, 0) is 4.79 Å². The molecule has 6 nitrogen and oxygen atoms in total. The molecule has 15 heavy (non-hydrogen) atoms. The molecule has 1 aromatic carbocycles. The van der Waals surface area contributed by atoms with Crippen LogP contribution in [0.15, 0.2) is 18.2 Å². The highest BCUT2D eigenvalue weighted by atomic mass is 35.5. The van der Waals surface area contributed by atoms with Gasteiger partial charge in [0, 0.05) is 12.1 Å². The van der Waals surface area contributed by atoms with Gasteiger partial charge in [0.15, 0.2) is 6.61 Å². The first kappa shape index (κ1) is 11.3. The minimum Gasteiger partial charge on any atom is -0.480 e. The van der Waals surface area contributed by atoms with E-state index >= 15 is 0 Å². The molecule has 0 aliphatic rings. The molecule has 0 radical (unpaired) electrons. The van der Waals surface area contributed by atoms with Crippen LogP contribution in [0.3, 0.4) is 0 Å². The summed E-state index contributed by atoms with van der Waals surface area (Å²) in [5, 5.41) is 18.7. The molecule has 0 spiro atoms. The molecular weight excluding hydrogens is 226 g/mol. The second-order valence-electron chi connectivity index (χ2n) is 2.55. The van der Waals surface area contributed by atoms with Crippen LogP contribution >= 0.6 is 11.6 Å². The Morgan fingerprint density at radius 1 is 1.60 bits per heavy atom. The van der Waals surface area contributed by atoms with E-state index in [1.165, 1.54) is 12.1 Å². The highest BCUT2D eigenvalue weighted by Gasteiger charge is 2.10. The molecular formula is C8H6ClNO5. The van der Waals surface area contributed by atoms with E-state index in [9.17, 15) is 14.9 Å². The lowest BCUT2D eigenvalue weighted by molar-refractivity contribution is -0.384. The second kappa shape index (κ2) is 4.61. The van der Waals surface area contributed by atoms with Crippen molar-refractivity contribution in [1.29, 1.82) is 0 Å². The van der Waals surface area contributed by atoms with Crippen molar-refractivity contribution < 1.29 is 19.6 Å². The van der Waals surface area contributed by atoms with Crippen LogP contribution in [0.5, 0.6) is 5.75 Å². The average molecular weight is 232 g/mol. The molecule has 1 aromatic rings. The predicted octanol–water partition coefficient (Wildman–Crippen LogP) is 1.71. The Morgan fingerprint density at radius 2 is 2.27 bits per heavy atom. The molecule has 0 atom stereocenters. The van der Waals surface area contributed by atoms with Gasteiger partial charge in [0.05, 0.1) is 9.95 Å². The van der Waals surface area contributed by atoms with E-state index in [1.54, 1.807) is 0 Å². The van der Waals surface area contributed by atoms with Gasteiger partial charge in [0.2, 0.25) is 0 Å². The van der Waals surface area contributed by atoms with E-state index in [-0.39, 0.29) is 16.5 Å². The normalized spacial score (nSPS) is 9.67. The predicted molar refractivity (Wildman–Crippen MR) is 51.2 cm³/mol. The maximum absolute atomic E-state index is 10.3. The summed E-state index contributed by atoms with van der Waals surface area (Å²) in [5.41, 5.74) is -0.178. The Labute approximate surface area is 89.2 Å². The fourth-order valence-corrected chi connectivity index (χ4v) is 1.09. The van der Waals surface area contributed by atoms with Crippen molar-refractivity contribution in [3.05, 3.63) is 33.3 Å². The number of ether oxygens (including phenoxy) is 1. The van der Waals surface area contributed by atoms with Crippen molar-refractivity contribution in [3.63, 3.8) is 0 Å². The third-order valence-electron chi connectivity index (χ3n) is 1.48. The number of carbonyl (C=O) groups is 1. The molecule has 1 N–H and O–H groups in total. The van der Waals surface area contributed by atoms with E-state index < -0.39 is 17.5 Å². The minimum atomic E-state index is -1.15. The molecule has 80 valence electrons. The van der Waals surface area contributed by atoms with Crippen LogP contribution in [-0.4, -0.2) is 22.6 Å². The smallest absolute Gasteiger partial charge is 0.341 e. The Bertz CT molecular complexity index is 406. The number of nitrogens with zero attached hydrogens (tertiary/aromatic N) is 1. The number of hydrogen-bond acceptors (Lipinski definition) is 4. The molecule has 0 saturated heterocycles. The number of benzene rings is 1. The molecule has 0 bridgehead atoms. The van der Waals surface area contributed by atoms with Crippen molar-refractivity contribution in [2.45, 2.75) is 0 Å². The maximum atomic E-state index is 10.3. The maximum Gasteiger partial charge on any atom is 0.341 e. The van der Waals surface area contributed by atoms with Gasteiger partial charge in [-0.3, -0.25) is 10.1 Å². The Balaban J connectivity index is 2.83. The Hall–Kier alpha value is -1.82. The zero-order chi connectivity index (χ0) is 11.4. The quantitative estimate of drug-likeness (QED) is 0.629. The number of rotatable bonds is 4. The molecule has 0 unspecified atom stereocenters. The molecule has 1 rings (SSSR count). The lowest BCUT2D eigenvalue weighted by atomic mass is 10.3. The van der Waals surface area contributed by atoms with Crippen LogP contribution in [0, 0.1) is 10.1 Å². The lowest BCUT2D eigenvalue weighted by Crippen LogP contribution is -2.09. The summed E-state index contributed by atoms with van der Waals surface area (Å²) >= 11 is 5.63.